The zero-order chi connectivity index (χ0) is 22.5. The predicted octanol–water partition coefficient (Wildman–Crippen LogP) is 3.42. The number of morpholine rings is 1. The largest absolute Gasteiger partial charge is 0.378 e. The van der Waals surface area contributed by atoms with E-state index in [1.165, 1.54) is 18.6 Å². The van der Waals surface area contributed by atoms with E-state index in [-0.39, 0.29) is 5.82 Å². The van der Waals surface area contributed by atoms with Crippen molar-refractivity contribution in [2.45, 2.75) is 26.8 Å². The second kappa shape index (κ2) is 10.4. The summed E-state index contributed by atoms with van der Waals surface area (Å²) in [6.45, 7) is 10.0. The van der Waals surface area contributed by atoms with Crippen molar-refractivity contribution >= 4 is 34.9 Å². The minimum absolute atomic E-state index is 0.253. The Labute approximate surface area is 194 Å². The third-order valence-corrected chi connectivity index (χ3v) is 6.07. The van der Waals surface area contributed by atoms with Crippen molar-refractivity contribution in [3.63, 3.8) is 0 Å². The Bertz CT molecular complexity index is 911. The highest BCUT2D eigenvalue weighted by molar-refractivity contribution is 7.80. The van der Waals surface area contributed by atoms with Gasteiger partial charge in [-0.05, 0) is 48.2 Å². The molecule has 7 nitrogen and oxygen atoms in total. The summed E-state index contributed by atoms with van der Waals surface area (Å²) in [7, 11) is 0. The quantitative estimate of drug-likeness (QED) is 0.661. The van der Waals surface area contributed by atoms with Gasteiger partial charge in [0.05, 0.1) is 13.2 Å². The molecule has 2 N–H and O–H groups in total. The predicted molar refractivity (Wildman–Crippen MR) is 130 cm³/mol. The average Bonchev–Trinajstić information content (AvgIpc) is 2.78. The highest BCUT2D eigenvalue weighted by Gasteiger charge is 2.25. The summed E-state index contributed by atoms with van der Waals surface area (Å²) in [6, 6.07) is 8.43. The summed E-state index contributed by atoms with van der Waals surface area (Å²) in [4.78, 5) is 14.1. The Morgan fingerprint density at radius 3 is 2.34 bits per heavy atom. The zero-order valence-electron chi connectivity index (χ0n) is 18.7. The molecule has 1 aromatic carbocycles. The molecule has 2 aliphatic heterocycles. The molecule has 9 heteroatoms. The summed E-state index contributed by atoms with van der Waals surface area (Å²) in [6.07, 6.45) is 1.24. The molecular formula is C23H31FN6OS. The van der Waals surface area contributed by atoms with Crippen LogP contribution in [0.3, 0.4) is 0 Å². The van der Waals surface area contributed by atoms with E-state index < -0.39 is 0 Å². The molecule has 0 radical (unpaired) electrons. The van der Waals surface area contributed by atoms with Crippen LogP contribution in [0.2, 0.25) is 0 Å². The lowest BCUT2D eigenvalue weighted by atomic mass is 9.92. The van der Waals surface area contributed by atoms with E-state index in [4.69, 9.17) is 26.9 Å². The minimum Gasteiger partial charge on any atom is -0.378 e. The number of ether oxygens (including phenoxy) is 1. The van der Waals surface area contributed by atoms with Crippen molar-refractivity contribution in [3.8, 4) is 0 Å². The molecule has 0 aliphatic carbocycles. The van der Waals surface area contributed by atoms with Crippen LogP contribution in [0, 0.1) is 17.7 Å². The van der Waals surface area contributed by atoms with Crippen LogP contribution in [0.5, 0.6) is 0 Å². The van der Waals surface area contributed by atoms with Crippen LogP contribution in [-0.2, 0) is 11.3 Å². The van der Waals surface area contributed by atoms with Crippen LogP contribution >= 0.6 is 12.2 Å². The molecule has 2 fully saturated rings. The second-order valence-corrected chi connectivity index (χ2v) is 9.20. The highest BCUT2D eigenvalue weighted by Crippen LogP contribution is 2.28. The fourth-order valence-corrected chi connectivity index (χ4v) is 4.54. The average molecular weight is 459 g/mol. The molecular weight excluding hydrogens is 427 g/mol. The van der Waals surface area contributed by atoms with E-state index in [1.54, 1.807) is 12.1 Å². The maximum absolute atomic E-state index is 13.1. The number of hydrogen-bond acceptors (Lipinski definition) is 6. The van der Waals surface area contributed by atoms with Crippen LogP contribution in [0.25, 0.3) is 0 Å². The number of piperidine rings is 1. The number of halogens is 1. The molecule has 2 atom stereocenters. The van der Waals surface area contributed by atoms with Gasteiger partial charge in [-0.1, -0.05) is 26.0 Å². The Hall–Kier alpha value is -2.52. The molecule has 0 spiro atoms. The van der Waals surface area contributed by atoms with Gasteiger partial charge in [0.1, 0.15) is 17.5 Å². The van der Waals surface area contributed by atoms with E-state index >= 15 is 0 Å². The van der Waals surface area contributed by atoms with Crippen molar-refractivity contribution in [2.24, 2.45) is 11.8 Å². The van der Waals surface area contributed by atoms with Crippen molar-refractivity contribution in [3.05, 3.63) is 41.7 Å². The van der Waals surface area contributed by atoms with E-state index in [2.05, 4.69) is 40.3 Å². The number of nitrogens with zero attached hydrogens (tertiary/aromatic N) is 4. The number of thiocarbonyl (C=S) groups is 1. The maximum atomic E-state index is 13.1. The SMILES string of the molecule is CC1CC(C)CN(c2cc(N3CCOCC3)nc(NC(=S)NCc3ccc(F)cc3)n2)C1. The topological polar surface area (TPSA) is 65.6 Å². The van der Waals surface area contributed by atoms with E-state index in [1.807, 2.05) is 0 Å². The summed E-state index contributed by atoms with van der Waals surface area (Å²) in [5, 5.41) is 6.72. The first-order valence-corrected chi connectivity index (χ1v) is 11.6. The molecule has 172 valence electrons. The highest BCUT2D eigenvalue weighted by atomic mass is 32.1. The van der Waals surface area contributed by atoms with Gasteiger partial charge in [-0.3, -0.25) is 0 Å². The molecule has 4 rings (SSSR count). The lowest BCUT2D eigenvalue weighted by Gasteiger charge is -2.36. The molecule has 0 amide bonds. The minimum atomic E-state index is -0.253. The van der Waals surface area contributed by atoms with Gasteiger partial charge in [-0.15, -0.1) is 0 Å². The van der Waals surface area contributed by atoms with Crippen LogP contribution in [0.15, 0.2) is 30.3 Å². The summed E-state index contributed by atoms with van der Waals surface area (Å²) < 4.78 is 18.6. The third kappa shape index (κ3) is 6.04. The molecule has 2 saturated heterocycles. The fraction of sp³-hybridized carbons (Fsp3) is 0.522. The molecule has 2 aromatic rings. The monoisotopic (exact) mass is 458 g/mol. The normalized spacial score (nSPS) is 21.3. The van der Waals surface area contributed by atoms with Crippen LogP contribution in [-0.4, -0.2) is 54.5 Å². The van der Waals surface area contributed by atoms with E-state index in [9.17, 15) is 4.39 Å². The van der Waals surface area contributed by atoms with E-state index in [0.717, 1.165) is 43.4 Å². The Balaban J connectivity index is 1.50. The second-order valence-electron chi connectivity index (χ2n) is 8.79. The van der Waals surface area contributed by atoms with Crippen LogP contribution in [0.1, 0.15) is 25.8 Å². The van der Waals surface area contributed by atoms with Gasteiger partial charge in [0.15, 0.2) is 5.11 Å². The zero-order valence-corrected chi connectivity index (χ0v) is 19.5. The van der Waals surface area contributed by atoms with Gasteiger partial charge in [-0.25, -0.2) is 4.39 Å². The van der Waals surface area contributed by atoms with E-state index in [0.29, 0.717) is 42.7 Å². The van der Waals surface area contributed by atoms with Gasteiger partial charge >= 0.3 is 0 Å². The smallest absolute Gasteiger partial charge is 0.232 e. The Kier molecular flexibility index (Phi) is 7.36. The first-order valence-electron chi connectivity index (χ1n) is 11.2. The molecule has 32 heavy (non-hydrogen) atoms. The number of hydrogen-bond donors (Lipinski definition) is 2. The van der Waals surface area contributed by atoms with Crippen LogP contribution in [0.4, 0.5) is 22.0 Å². The standard InChI is InChI=1S/C23H31FN6OS/c1-16-11-17(2)15-30(14-16)21-12-20(29-7-9-31-10-8-29)26-22(27-21)28-23(32)25-13-18-3-5-19(24)6-4-18/h3-6,12,16-17H,7-11,13-15H2,1-2H3,(H2,25,26,27,28,32). The molecule has 2 unspecified atom stereocenters. The molecule has 1 aromatic heterocycles. The molecule has 0 bridgehead atoms. The number of aromatic nitrogens is 2. The van der Waals surface area contributed by atoms with Gasteiger partial charge < -0.3 is 25.2 Å². The van der Waals surface area contributed by atoms with Crippen molar-refractivity contribution in [1.82, 2.24) is 15.3 Å². The van der Waals surface area contributed by atoms with Gasteiger partial charge in [0.25, 0.3) is 0 Å². The Morgan fingerprint density at radius 2 is 1.69 bits per heavy atom. The maximum Gasteiger partial charge on any atom is 0.232 e. The third-order valence-electron chi connectivity index (χ3n) is 5.82. The molecule has 3 heterocycles. The van der Waals surface area contributed by atoms with Crippen molar-refractivity contribution < 1.29 is 9.13 Å². The molecule has 2 aliphatic rings. The van der Waals surface area contributed by atoms with Crippen molar-refractivity contribution in [2.75, 3.05) is 54.5 Å². The fourth-order valence-electron chi connectivity index (χ4n) is 4.37. The number of nitrogens with one attached hydrogen (secondary N) is 2. The van der Waals surface area contributed by atoms with Crippen LogP contribution < -0.4 is 20.4 Å². The Morgan fingerprint density at radius 1 is 1.06 bits per heavy atom. The van der Waals surface area contributed by atoms with Gasteiger partial charge in [0.2, 0.25) is 5.95 Å². The lowest BCUT2D eigenvalue weighted by molar-refractivity contribution is 0.122. The number of rotatable bonds is 5. The number of benzene rings is 1. The summed E-state index contributed by atoms with van der Waals surface area (Å²) >= 11 is 5.47. The number of anilines is 3. The van der Waals surface area contributed by atoms with Gasteiger partial charge in [0, 0.05) is 38.8 Å². The lowest BCUT2D eigenvalue weighted by Crippen LogP contribution is -2.40. The van der Waals surface area contributed by atoms with Gasteiger partial charge in [-0.2, -0.15) is 9.97 Å². The van der Waals surface area contributed by atoms with Crippen molar-refractivity contribution in [1.29, 1.82) is 0 Å². The summed E-state index contributed by atoms with van der Waals surface area (Å²) in [5.41, 5.74) is 0.940. The first kappa shape index (κ1) is 22.7. The first-order chi connectivity index (χ1) is 15.5. The molecule has 0 saturated carbocycles. The summed E-state index contributed by atoms with van der Waals surface area (Å²) in [5.74, 6) is 3.27.